The molecule has 0 saturated heterocycles. The third-order valence-corrected chi connectivity index (χ3v) is 3.18. The van der Waals surface area contributed by atoms with Crippen molar-refractivity contribution in [3.8, 4) is 0 Å². The van der Waals surface area contributed by atoms with Crippen LogP contribution in [0.2, 0.25) is 0 Å². The molecule has 0 amide bonds. The minimum Gasteiger partial charge on any atom is -0.329 e. The van der Waals surface area contributed by atoms with E-state index in [-0.39, 0.29) is 25.2 Å². The predicted molar refractivity (Wildman–Crippen MR) is 50.6 cm³/mol. The summed E-state index contributed by atoms with van der Waals surface area (Å²) in [6, 6.07) is 0.454. The molecule has 0 unspecified atom stereocenters. The van der Waals surface area contributed by atoms with Gasteiger partial charge in [-0.25, -0.2) is 26.3 Å². The molecule has 90 valence electrons. The smallest absolute Gasteiger partial charge is 0.243 e. The average Bonchev–Trinajstić information content (AvgIpc) is 2.20. The topological polar surface area (TPSA) is 72.2 Å². The van der Waals surface area contributed by atoms with Crippen LogP contribution in [0.1, 0.15) is 0 Å². The van der Waals surface area contributed by atoms with E-state index in [0.717, 1.165) is 0 Å². The number of hydrogen-bond donors (Lipinski definition) is 2. The fraction of sp³-hybridized carbons (Fsp3) is 0.250. The lowest BCUT2D eigenvalue weighted by Gasteiger charge is -2.06. The van der Waals surface area contributed by atoms with E-state index in [1.54, 1.807) is 0 Å². The van der Waals surface area contributed by atoms with E-state index in [9.17, 15) is 21.6 Å². The van der Waals surface area contributed by atoms with Crippen molar-refractivity contribution in [3.05, 3.63) is 29.6 Å². The molecule has 0 spiro atoms. The third-order valence-electron chi connectivity index (χ3n) is 1.70. The van der Waals surface area contributed by atoms with Crippen molar-refractivity contribution in [1.29, 1.82) is 0 Å². The fourth-order valence-electron chi connectivity index (χ4n) is 0.981. The van der Waals surface area contributed by atoms with Gasteiger partial charge in [0.15, 0.2) is 11.6 Å². The zero-order valence-electron chi connectivity index (χ0n) is 8.00. The number of halogens is 3. The Bertz CT molecular complexity index is 490. The van der Waals surface area contributed by atoms with Gasteiger partial charge < -0.3 is 5.73 Å². The van der Waals surface area contributed by atoms with Crippen molar-refractivity contribution in [3.63, 3.8) is 0 Å². The third kappa shape index (κ3) is 2.71. The number of nitrogens with two attached hydrogens (primary N) is 1. The second-order valence-corrected chi connectivity index (χ2v) is 4.62. The van der Waals surface area contributed by atoms with Gasteiger partial charge in [-0.15, -0.1) is 0 Å². The molecule has 4 nitrogen and oxygen atoms in total. The largest absolute Gasteiger partial charge is 0.329 e. The Morgan fingerprint density at radius 3 is 2.25 bits per heavy atom. The summed E-state index contributed by atoms with van der Waals surface area (Å²) in [5, 5.41) is 0. The van der Waals surface area contributed by atoms with Crippen LogP contribution < -0.4 is 10.5 Å². The van der Waals surface area contributed by atoms with Crippen LogP contribution in [-0.4, -0.2) is 21.5 Å². The molecule has 0 aromatic heterocycles. The van der Waals surface area contributed by atoms with Crippen molar-refractivity contribution in [1.82, 2.24) is 4.72 Å². The quantitative estimate of drug-likeness (QED) is 0.761. The second kappa shape index (κ2) is 4.81. The molecule has 0 bridgehead atoms. The Morgan fingerprint density at radius 2 is 1.69 bits per heavy atom. The van der Waals surface area contributed by atoms with Gasteiger partial charge in [-0.2, -0.15) is 0 Å². The molecule has 0 aliphatic carbocycles. The van der Waals surface area contributed by atoms with E-state index in [1.807, 2.05) is 4.72 Å². The Labute approximate surface area is 90.3 Å². The minimum absolute atomic E-state index is 0.00449. The van der Waals surface area contributed by atoms with Crippen molar-refractivity contribution in [2.45, 2.75) is 4.90 Å². The lowest BCUT2D eigenvalue weighted by Crippen LogP contribution is -2.30. The van der Waals surface area contributed by atoms with Gasteiger partial charge in [0.05, 0.1) is 0 Å². The monoisotopic (exact) mass is 254 g/mol. The summed E-state index contributed by atoms with van der Waals surface area (Å²) in [6.07, 6.45) is 0. The van der Waals surface area contributed by atoms with Crippen molar-refractivity contribution in [2.75, 3.05) is 13.1 Å². The highest BCUT2D eigenvalue weighted by Gasteiger charge is 2.21. The van der Waals surface area contributed by atoms with E-state index < -0.39 is 32.4 Å². The molecule has 1 aromatic carbocycles. The molecule has 0 aliphatic rings. The number of benzene rings is 1. The van der Waals surface area contributed by atoms with Gasteiger partial charge in [0.2, 0.25) is 10.0 Å². The molecule has 16 heavy (non-hydrogen) atoms. The number of sulfonamides is 1. The van der Waals surface area contributed by atoms with Gasteiger partial charge in [0.25, 0.3) is 0 Å². The van der Waals surface area contributed by atoms with Gasteiger partial charge in [0.1, 0.15) is 10.7 Å². The van der Waals surface area contributed by atoms with Crippen LogP contribution in [0.4, 0.5) is 13.2 Å². The molecule has 1 rings (SSSR count). The zero-order valence-corrected chi connectivity index (χ0v) is 8.82. The van der Waals surface area contributed by atoms with E-state index in [1.165, 1.54) is 0 Å². The fourth-order valence-corrected chi connectivity index (χ4v) is 2.10. The summed E-state index contributed by atoms with van der Waals surface area (Å²) in [6.45, 7) is -0.120. The van der Waals surface area contributed by atoms with Gasteiger partial charge in [0, 0.05) is 19.2 Å². The normalized spacial score (nSPS) is 11.8. The van der Waals surface area contributed by atoms with Crippen molar-refractivity contribution >= 4 is 10.0 Å². The molecule has 1 aromatic rings. The molecule has 0 aliphatic heterocycles. The summed E-state index contributed by atoms with van der Waals surface area (Å²) in [7, 11) is -4.20. The van der Waals surface area contributed by atoms with Crippen molar-refractivity contribution in [2.24, 2.45) is 5.73 Å². The average molecular weight is 254 g/mol. The molecular formula is C8H9F3N2O2S. The molecule has 0 saturated carbocycles. The summed E-state index contributed by atoms with van der Waals surface area (Å²) < 4.78 is 63.1. The van der Waals surface area contributed by atoms with Crippen LogP contribution in [0.3, 0.4) is 0 Å². The van der Waals surface area contributed by atoms with Crippen LogP contribution in [-0.2, 0) is 10.0 Å². The zero-order chi connectivity index (χ0) is 12.3. The second-order valence-electron chi connectivity index (χ2n) is 2.88. The van der Waals surface area contributed by atoms with Crippen LogP contribution in [0.25, 0.3) is 0 Å². The Morgan fingerprint density at radius 1 is 1.12 bits per heavy atom. The first-order valence-electron chi connectivity index (χ1n) is 4.23. The highest BCUT2D eigenvalue weighted by Crippen LogP contribution is 2.18. The summed E-state index contributed by atoms with van der Waals surface area (Å²) in [5.41, 5.74) is 5.05. The molecule has 0 heterocycles. The Hall–Kier alpha value is -1.12. The first-order chi connectivity index (χ1) is 7.38. The van der Waals surface area contributed by atoms with Crippen LogP contribution in [0.15, 0.2) is 17.0 Å². The van der Waals surface area contributed by atoms with Gasteiger partial charge in [-0.3, -0.25) is 0 Å². The first kappa shape index (κ1) is 12.9. The van der Waals surface area contributed by atoms with E-state index in [0.29, 0.717) is 0 Å². The van der Waals surface area contributed by atoms with E-state index in [2.05, 4.69) is 0 Å². The molecule has 0 radical (unpaired) electrons. The van der Waals surface area contributed by atoms with Gasteiger partial charge in [-0.05, 0) is 6.07 Å². The van der Waals surface area contributed by atoms with Crippen LogP contribution >= 0.6 is 0 Å². The maximum absolute atomic E-state index is 13.1. The van der Waals surface area contributed by atoms with Crippen molar-refractivity contribution < 1.29 is 21.6 Å². The first-order valence-corrected chi connectivity index (χ1v) is 5.71. The lowest BCUT2D eigenvalue weighted by molar-refractivity contribution is 0.481. The summed E-state index contributed by atoms with van der Waals surface area (Å²) in [5.74, 6) is -4.24. The minimum atomic E-state index is -4.20. The SMILES string of the molecule is NCCNS(=O)(=O)c1cc(F)c(F)cc1F. The maximum Gasteiger partial charge on any atom is 0.243 e. The molecule has 0 fully saturated rings. The number of nitrogens with one attached hydrogen (secondary N) is 1. The summed E-state index contributed by atoms with van der Waals surface area (Å²) in [4.78, 5) is -0.945. The molecule has 3 N–H and O–H groups in total. The van der Waals surface area contributed by atoms with E-state index in [4.69, 9.17) is 5.73 Å². The molecule has 0 atom stereocenters. The lowest BCUT2D eigenvalue weighted by atomic mass is 10.3. The Kier molecular flexibility index (Phi) is 3.89. The molecular weight excluding hydrogens is 245 g/mol. The van der Waals surface area contributed by atoms with Crippen LogP contribution in [0, 0.1) is 17.5 Å². The Balaban J connectivity index is 3.18. The molecule has 8 heteroatoms. The standard InChI is InChI=1S/C8H9F3N2O2S/c9-5-3-7(11)8(4-6(5)10)16(14,15)13-2-1-12/h3-4,13H,1-2,12H2. The van der Waals surface area contributed by atoms with Crippen LogP contribution in [0.5, 0.6) is 0 Å². The highest BCUT2D eigenvalue weighted by molar-refractivity contribution is 7.89. The maximum atomic E-state index is 13.1. The summed E-state index contributed by atoms with van der Waals surface area (Å²) >= 11 is 0. The number of hydrogen-bond acceptors (Lipinski definition) is 3. The van der Waals surface area contributed by atoms with Gasteiger partial charge in [-0.1, -0.05) is 0 Å². The number of rotatable bonds is 4. The van der Waals surface area contributed by atoms with E-state index >= 15 is 0 Å². The van der Waals surface area contributed by atoms with Gasteiger partial charge >= 0.3 is 0 Å². The highest BCUT2D eigenvalue weighted by atomic mass is 32.2. The predicted octanol–water partition coefficient (Wildman–Crippen LogP) is 0.341.